The molecule has 1 amide bonds. The van der Waals surface area contributed by atoms with E-state index in [1.807, 2.05) is 30.3 Å². The number of rotatable bonds is 2. The number of aromatic nitrogens is 1. The SMILES string of the molecule is O=C(Nc1cccc(Br)c1)c1c[nH]c2cc(Cl)ccc12. The van der Waals surface area contributed by atoms with E-state index in [1.54, 1.807) is 18.3 Å². The Labute approximate surface area is 129 Å². The van der Waals surface area contributed by atoms with Crippen molar-refractivity contribution >= 4 is 50.0 Å². The van der Waals surface area contributed by atoms with Gasteiger partial charge in [-0.05, 0) is 30.3 Å². The van der Waals surface area contributed by atoms with Gasteiger partial charge in [-0.3, -0.25) is 4.79 Å². The minimum absolute atomic E-state index is 0.156. The van der Waals surface area contributed by atoms with Gasteiger partial charge in [0.15, 0.2) is 0 Å². The summed E-state index contributed by atoms with van der Waals surface area (Å²) >= 11 is 9.31. The third kappa shape index (κ3) is 2.57. The molecular formula is C15H10BrClN2O. The number of hydrogen-bond donors (Lipinski definition) is 2. The lowest BCUT2D eigenvalue weighted by atomic mass is 10.1. The van der Waals surface area contributed by atoms with Gasteiger partial charge in [0.25, 0.3) is 5.91 Å². The Morgan fingerprint density at radius 1 is 1.20 bits per heavy atom. The lowest BCUT2D eigenvalue weighted by Gasteiger charge is -2.04. The summed E-state index contributed by atoms with van der Waals surface area (Å²) in [6.07, 6.45) is 1.69. The largest absolute Gasteiger partial charge is 0.360 e. The van der Waals surface area contributed by atoms with Gasteiger partial charge in [-0.15, -0.1) is 0 Å². The number of benzene rings is 2. The van der Waals surface area contributed by atoms with Crippen LogP contribution in [0.3, 0.4) is 0 Å². The fraction of sp³-hybridized carbons (Fsp3) is 0. The maximum atomic E-state index is 12.3. The Balaban J connectivity index is 1.93. The molecule has 1 heterocycles. The summed E-state index contributed by atoms with van der Waals surface area (Å²) in [4.78, 5) is 15.4. The van der Waals surface area contributed by atoms with Crippen LogP contribution in [0.25, 0.3) is 10.9 Å². The molecule has 3 nitrogen and oxygen atoms in total. The van der Waals surface area contributed by atoms with Crippen LogP contribution in [0.15, 0.2) is 53.1 Å². The molecule has 1 aromatic heterocycles. The van der Waals surface area contributed by atoms with Gasteiger partial charge in [-0.2, -0.15) is 0 Å². The molecule has 0 saturated heterocycles. The molecule has 0 aliphatic heterocycles. The lowest BCUT2D eigenvalue weighted by molar-refractivity contribution is 0.102. The van der Waals surface area contributed by atoms with Crippen LogP contribution in [0, 0.1) is 0 Å². The van der Waals surface area contributed by atoms with Crippen LogP contribution in [0.1, 0.15) is 10.4 Å². The highest BCUT2D eigenvalue weighted by Gasteiger charge is 2.12. The number of aromatic amines is 1. The van der Waals surface area contributed by atoms with Crippen LogP contribution in [0.5, 0.6) is 0 Å². The molecule has 0 radical (unpaired) electrons. The van der Waals surface area contributed by atoms with E-state index in [0.717, 1.165) is 21.1 Å². The van der Waals surface area contributed by atoms with Gasteiger partial charge in [0.2, 0.25) is 0 Å². The average molecular weight is 350 g/mol. The van der Waals surface area contributed by atoms with Gasteiger partial charge in [0, 0.05) is 32.3 Å². The van der Waals surface area contributed by atoms with Gasteiger partial charge in [-0.25, -0.2) is 0 Å². The first-order chi connectivity index (χ1) is 9.63. The lowest BCUT2D eigenvalue weighted by Crippen LogP contribution is -2.11. The topological polar surface area (TPSA) is 44.9 Å². The first-order valence-electron chi connectivity index (χ1n) is 5.97. The highest BCUT2D eigenvalue weighted by molar-refractivity contribution is 9.10. The zero-order valence-corrected chi connectivity index (χ0v) is 12.6. The summed E-state index contributed by atoms with van der Waals surface area (Å²) in [5, 5.41) is 4.36. The molecule has 2 aromatic carbocycles. The van der Waals surface area contributed by atoms with Crippen LogP contribution >= 0.6 is 27.5 Å². The number of anilines is 1. The van der Waals surface area contributed by atoms with Crippen LogP contribution < -0.4 is 5.32 Å². The van der Waals surface area contributed by atoms with E-state index >= 15 is 0 Å². The second-order valence-electron chi connectivity index (χ2n) is 4.36. The zero-order valence-electron chi connectivity index (χ0n) is 10.3. The van der Waals surface area contributed by atoms with Crippen molar-refractivity contribution in [1.29, 1.82) is 0 Å². The number of carbonyl (C=O) groups is 1. The van der Waals surface area contributed by atoms with E-state index in [9.17, 15) is 4.79 Å². The monoisotopic (exact) mass is 348 g/mol. The molecule has 100 valence electrons. The first kappa shape index (κ1) is 13.2. The molecule has 0 aliphatic rings. The van der Waals surface area contributed by atoms with Crippen molar-refractivity contribution in [2.24, 2.45) is 0 Å². The normalized spacial score (nSPS) is 10.7. The van der Waals surface area contributed by atoms with E-state index < -0.39 is 0 Å². The molecule has 0 aliphatic carbocycles. The van der Waals surface area contributed by atoms with Crippen LogP contribution in [0.2, 0.25) is 5.02 Å². The zero-order chi connectivity index (χ0) is 14.1. The van der Waals surface area contributed by atoms with E-state index in [0.29, 0.717) is 10.6 Å². The third-order valence-electron chi connectivity index (χ3n) is 2.97. The molecule has 5 heteroatoms. The predicted octanol–water partition coefficient (Wildman–Crippen LogP) is 4.84. The number of nitrogens with one attached hydrogen (secondary N) is 2. The minimum Gasteiger partial charge on any atom is -0.360 e. The molecule has 0 unspecified atom stereocenters. The molecule has 3 aromatic rings. The second kappa shape index (κ2) is 5.31. The van der Waals surface area contributed by atoms with Crippen molar-refractivity contribution in [2.45, 2.75) is 0 Å². The number of H-pyrrole nitrogens is 1. The maximum absolute atomic E-state index is 12.3. The number of amides is 1. The number of carbonyl (C=O) groups excluding carboxylic acids is 1. The van der Waals surface area contributed by atoms with Gasteiger partial charge in [0.1, 0.15) is 0 Å². The molecule has 0 bridgehead atoms. The smallest absolute Gasteiger partial charge is 0.257 e. The molecule has 2 N–H and O–H groups in total. The molecule has 20 heavy (non-hydrogen) atoms. The van der Waals surface area contributed by atoms with Crippen molar-refractivity contribution in [3.05, 3.63) is 63.7 Å². The van der Waals surface area contributed by atoms with Gasteiger partial charge < -0.3 is 10.3 Å². The summed E-state index contributed by atoms with van der Waals surface area (Å²) in [5.41, 5.74) is 2.18. The van der Waals surface area contributed by atoms with Crippen molar-refractivity contribution < 1.29 is 4.79 Å². The molecular weight excluding hydrogens is 340 g/mol. The molecule has 0 atom stereocenters. The predicted molar refractivity (Wildman–Crippen MR) is 85.4 cm³/mol. The Kier molecular flexibility index (Phi) is 3.51. The van der Waals surface area contributed by atoms with Crippen molar-refractivity contribution in [1.82, 2.24) is 4.98 Å². The maximum Gasteiger partial charge on any atom is 0.257 e. The summed E-state index contributed by atoms with van der Waals surface area (Å²) in [7, 11) is 0. The summed E-state index contributed by atoms with van der Waals surface area (Å²) < 4.78 is 0.918. The Morgan fingerprint density at radius 2 is 2.05 bits per heavy atom. The van der Waals surface area contributed by atoms with Crippen LogP contribution in [-0.2, 0) is 0 Å². The molecule has 3 rings (SSSR count). The average Bonchev–Trinajstić information content (AvgIpc) is 2.81. The van der Waals surface area contributed by atoms with Crippen molar-refractivity contribution in [3.8, 4) is 0 Å². The molecule has 0 fully saturated rings. The standard InChI is InChI=1S/C15H10BrClN2O/c16-9-2-1-3-11(6-9)19-15(20)13-8-18-14-7-10(17)4-5-12(13)14/h1-8,18H,(H,19,20). The van der Waals surface area contributed by atoms with Crippen molar-refractivity contribution in [2.75, 3.05) is 5.32 Å². The summed E-state index contributed by atoms with van der Waals surface area (Å²) in [6, 6.07) is 12.9. The Hall–Kier alpha value is -1.78. The van der Waals surface area contributed by atoms with E-state index in [4.69, 9.17) is 11.6 Å². The van der Waals surface area contributed by atoms with Gasteiger partial charge in [-0.1, -0.05) is 39.7 Å². The van der Waals surface area contributed by atoms with E-state index in [1.165, 1.54) is 0 Å². The van der Waals surface area contributed by atoms with Crippen LogP contribution in [-0.4, -0.2) is 10.9 Å². The highest BCUT2D eigenvalue weighted by Crippen LogP contribution is 2.23. The van der Waals surface area contributed by atoms with E-state index in [2.05, 4.69) is 26.2 Å². The first-order valence-corrected chi connectivity index (χ1v) is 7.14. The Morgan fingerprint density at radius 3 is 2.85 bits per heavy atom. The Bertz CT molecular complexity index is 797. The fourth-order valence-electron chi connectivity index (χ4n) is 2.05. The minimum atomic E-state index is -0.156. The van der Waals surface area contributed by atoms with Gasteiger partial charge in [0.05, 0.1) is 5.56 Å². The number of hydrogen-bond acceptors (Lipinski definition) is 1. The summed E-state index contributed by atoms with van der Waals surface area (Å²) in [6.45, 7) is 0. The number of halogens is 2. The van der Waals surface area contributed by atoms with Crippen molar-refractivity contribution in [3.63, 3.8) is 0 Å². The second-order valence-corrected chi connectivity index (χ2v) is 5.71. The molecule has 0 saturated carbocycles. The van der Waals surface area contributed by atoms with E-state index in [-0.39, 0.29) is 5.91 Å². The van der Waals surface area contributed by atoms with Gasteiger partial charge >= 0.3 is 0 Å². The third-order valence-corrected chi connectivity index (χ3v) is 3.70. The quantitative estimate of drug-likeness (QED) is 0.683. The number of fused-ring (bicyclic) bond motifs is 1. The summed E-state index contributed by atoms with van der Waals surface area (Å²) in [5.74, 6) is -0.156. The van der Waals surface area contributed by atoms with Crippen LogP contribution in [0.4, 0.5) is 5.69 Å². The molecule has 0 spiro atoms. The highest BCUT2D eigenvalue weighted by atomic mass is 79.9. The fourth-order valence-corrected chi connectivity index (χ4v) is 2.62.